The fourth-order valence-electron chi connectivity index (χ4n) is 4.41. The highest BCUT2D eigenvalue weighted by molar-refractivity contribution is 6.01. The Labute approximate surface area is 190 Å². The molecule has 1 amide bonds. The number of rotatable bonds is 2. The Morgan fingerprint density at radius 1 is 1.22 bits per heavy atom. The van der Waals surface area contributed by atoms with Crippen LogP contribution in [0.2, 0.25) is 0 Å². The molecule has 0 saturated carbocycles. The van der Waals surface area contributed by atoms with Crippen LogP contribution in [0.4, 0.5) is 0 Å². The van der Waals surface area contributed by atoms with Crippen molar-refractivity contribution in [2.75, 3.05) is 26.7 Å². The molecule has 32 heavy (non-hydrogen) atoms. The zero-order chi connectivity index (χ0) is 22.5. The molecular formula is C27H33N3O2. The van der Waals surface area contributed by atoms with E-state index in [4.69, 9.17) is 9.73 Å². The average molecular weight is 432 g/mol. The first kappa shape index (κ1) is 22.3. The van der Waals surface area contributed by atoms with Gasteiger partial charge in [0.1, 0.15) is 0 Å². The molecule has 5 nitrogen and oxygen atoms in total. The van der Waals surface area contributed by atoms with E-state index >= 15 is 0 Å². The molecule has 5 heteroatoms. The highest BCUT2D eigenvalue weighted by atomic mass is 16.5. The van der Waals surface area contributed by atoms with Crippen molar-refractivity contribution in [3.63, 3.8) is 0 Å². The molecule has 0 bridgehead atoms. The molecule has 1 atom stereocenters. The van der Waals surface area contributed by atoms with E-state index in [0.29, 0.717) is 19.6 Å². The number of benzene rings is 1. The molecule has 1 aromatic carbocycles. The Morgan fingerprint density at radius 3 is 2.94 bits per heavy atom. The van der Waals surface area contributed by atoms with Crippen LogP contribution >= 0.6 is 0 Å². The van der Waals surface area contributed by atoms with Crippen molar-refractivity contribution in [1.29, 1.82) is 0 Å². The summed E-state index contributed by atoms with van der Waals surface area (Å²) in [5.74, 6) is 0.0725. The van der Waals surface area contributed by atoms with Gasteiger partial charge in [-0.3, -0.25) is 9.79 Å². The smallest absolute Gasteiger partial charge is 0.253 e. The van der Waals surface area contributed by atoms with Gasteiger partial charge in [0.05, 0.1) is 12.6 Å². The van der Waals surface area contributed by atoms with Crippen molar-refractivity contribution >= 4 is 22.5 Å². The van der Waals surface area contributed by atoms with Gasteiger partial charge in [-0.25, -0.2) is 0 Å². The topological polar surface area (TPSA) is 46.8 Å². The van der Waals surface area contributed by atoms with Gasteiger partial charge in [-0.15, -0.1) is 0 Å². The predicted molar refractivity (Wildman–Crippen MR) is 131 cm³/mol. The van der Waals surface area contributed by atoms with Gasteiger partial charge in [-0.2, -0.15) is 0 Å². The van der Waals surface area contributed by atoms with Crippen LogP contribution in [0.15, 0.2) is 70.9 Å². The number of nitrogens with zero attached hydrogens (tertiary/aromatic N) is 3. The molecule has 2 aromatic rings. The van der Waals surface area contributed by atoms with Crippen LogP contribution in [0.5, 0.6) is 0 Å². The molecule has 2 heterocycles. The zero-order valence-electron chi connectivity index (χ0n) is 19.4. The summed E-state index contributed by atoms with van der Waals surface area (Å²) in [5, 5.41) is 1.09. The Balaban J connectivity index is 1.58. The number of carbonyl (C=O) groups excluding carboxylic acids is 1. The van der Waals surface area contributed by atoms with Crippen LogP contribution in [-0.4, -0.2) is 53.9 Å². The SMILES string of the molecule is COC1CC=C2CC=CC=C(C)CCN(C(=O)c3ccc4c(ccn4C)c3)CCN=C2C1. The van der Waals surface area contributed by atoms with Gasteiger partial charge >= 0.3 is 0 Å². The number of hydrogen-bond donors (Lipinski definition) is 0. The first-order valence-electron chi connectivity index (χ1n) is 11.5. The second-order valence-electron chi connectivity index (χ2n) is 8.74. The van der Waals surface area contributed by atoms with Crippen LogP contribution in [0.25, 0.3) is 10.9 Å². The fourth-order valence-corrected chi connectivity index (χ4v) is 4.41. The summed E-state index contributed by atoms with van der Waals surface area (Å²) in [4.78, 5) is 20.3. The van der Waals surface area contributed by atoms with E-state index < -0.39 is 0 Å². The number of fused-ring (bicyclic) bond motifs is 2. The van der Waals surface area contributed by atoms with Crippen molar-refractivity contribution in [2.24, 2.45) is 12.0 Å². The molecule has 4 rings (SSSR count). The molecule has 1 aliphatic heterocycles. The van der Waals surface area contributed by atoms with Crippen molar-refractivity contribution in [3.8, 4) is 0 Å². The lowest BCUT2D eigenvalue weighted by Crippen LogP contribution is -2.34. The first-order chi connectivity index (χ1) is 15.5. The second-order valence-corrected chi connectivity index (χ2v) is 8.74. The van der Waals surface area contributed by atoms with Gasteiger partial charge in [-0.1, -0.05) is 29.9 Å². The van der Waals surface area contributed by atoms with Crippen LogP contribution < -0.4 is 0 Å². The average Bonchev–Trinajstić information content (AvgIpc) is 3.19. The number of aryl methyl sites for hydroxylation is 1. The Hall–Kier alpha value is -2.92. The molecule has 1 aliphatic carbocycles. The normalized spacial score (nSPS) is 20.4. The number of aromatic nitrogens is 1. The van der Waals surface area contributed by atoms with Gasteiger partial charge in [0.2, 0.25) is 0 Å². The van der Waals surface area contributed by atoms with Crippen LogP contribution in [0.1, 0.15) is 43.0 Å². The summed E-state index contributed by atoms with van der Waals surface area (Å²) in [6.07, 6.45) is 14.5. The van der Waals surface area contributed by atoms with Crippen LogP contribution in [0, 0.1) is 0 Å². The summed E-state index contributed by atoms with van der Waals surface area (Å²) >= 11 is 0. The van der Waals surface area contributed by atoms with Crippen molar-refractivity contribution < 1.29 is 9.53 Å². The van der Waals surface area contributed by atoms with Gasteiger partial charge in [0, 0.05) is 62.0 Å². The molecule has 1 unspecified atom stereocenters. The third-order valence-electron chi connectivity index (χ3n) is 6.47. The molecular weight excluding hydrogens is 398 g/mol. The second kappa shape index (κ2) is 10.1. The van der Waals surface area contributed by atoms with E-state index in [2.05, 4.69) is 41.9 Å². The summed E-state index contributed by atoms with van der Waals surface area (Å²) in [5.41, 5.74) is 5.54. The van der Waals surface area contributed by atoms with Gasteiger partial charge in [0.15, 0.2) is 0 Å². The standard InChI is InChI=1S/C27H33N3O2/c1-20-6-4-5-7-21-8-10-24(32-3)19-25(21)28-14-17-30(16-12-20)27(31)23-9-11-26-22(18-23)13-15-29(26)2/h4-6,8-9,11,13,15,18,24H,7,10,12,14,16-17,19H2,1-3H3. The molecule has 0 N–H and O–H groups in total. The number of carbonyl (C=O) groups is 1. The summed E-state index contributed by atoms with van der Waals surface area (Å²) < 4.78 is 7.65. The zero-order valence-corrected chi connectivity index (χ0v) is 19.4. The lowest BCUT2D eigenvalue weighted by Gasteiger charge is -2.24. The van der Waals surface area contributed by atoms with Gasteiger partial charge in [-0.05, 0) is 56.0 Å². The minimum atomic E-state index is 0.0725. The largest absolute Gasteiger partial charge is 0.381 e. The maximum absolute atomic E-state index is 13.4. The molecule has 1 aromatic heterocycles. The highest BCUT2D eigenvalue weighted by Gasteiger charge is 2.20. The van der Waals surface area contributed by atoms with E-state index in [1.807, 2.05) is 36.3 Å². The highest BCUT2D eigenvalue weighted by Crippen LogP contribution is 2.22. The molecule has 0 saturated heterocycles. The quantitative estimate of drug-likeness (QED) is 0.665. The fraction of sp³-hybridized carbons (Fsp3) is 0.407. The lowest BCUT2D eigenvalue weighted by molar-refractivity contribution is 0.0762. The van der Waals surface area contributed by atoms with E-state index in [1.165, 1.54) is 11.1 Å². The van der Waals surface area contributed by atoms with Crippen molar-refractivity contribution in [1.82, 2.24) is 9.47 Å². The molecule has 0 radical (unpaired) electrons. The van der Waals surface area contributed by atoms with Crippen molar-refractivity contribution in [2.45, 2.75) is 38.7 Å². The molecule has 0 fully saturated rings. The maximum atomic E-state index is 13.4. The monoisotopic (exact) mass is 431 g/mol. The molecule has 2 aliphatic rings. The number of amides is 1. The Kier molecular flexibility index (Phi) is 7.05. The first-order valence-corrected chi connectivity index (χ1v) is 11.5. The maximum Gasteiger partial charge on any atom is 0.253 e. The minimum absolute atomic E-state index is 0.0725. The number of allylic oxidation sites excluding steroid dienone is 4. The molecule has 168 valence electrons. The third kappa shape index (κ3) is 5.10. The Morgan fingerprint density at radius 2 is 2.09 bits per heavy atom. The van der Waals surface area contributed by atoms with Gasteiger partial charge < -0.3 is 14.2 Å². The van der Waals surface area contributed by atoms with Crippen molar-refractivity contribution in [3.05, 3.63) is 71.5 Å². The van der Waals surface area contributed by atoms with Gasteiger partial charge in [0.25, 0.3) is 5.91 Å². The number of aliphatic imine (C=N–C) groups is 1. The third-order valence-corrected chi connectivity index (χ3v) is 6.47. The van der Waals surface area contributed by atoms with E-state index in [1.54, 1.807) is 7.11 Å². The summed E-state index contributed by atoms with van der Waals surface area (Å²) in [6, 6.07) is 8.03. The number of methoxy groups -OCH3 is 1. The number of hydrogen-bond acceptors (Lipinski definition) is 3. The van der Waals surface area contributed by atoms with E-state index in [9.17, 15) is 4.79 Å². The molecule has 0 spiro atoms. The summed E-state index contributed by atoms with van der Waals surface area (Å²) in [6.45, 7) is 4.04. The van der Waals surface area contributed by atoms with E-state index in [-0.39, 0.29) is 12.0 Å². The minimum Gasteiger partial charge on any atom is -0.381 e. The number of ether oxygens (including phenoxy) is 1. The van der Waals surface area contributed by atoms with E-state index in [0.717, 1.165) is 47.9 Å². The van der Waals surface area contributed by atoms with Crippen LogP contribution in [-0.2, 0) is 11.8 Å². The Bertz CT molecular complexity index is 1100. The lowest BCUT2D eigenvalue weighted by atomic mass is 9.92. The predicted octanol–water partition coefficient (Wildman–Crippen LogP) is 5.09. The van der Waals surface area contributed by atoms with Crippen LogP contribution in [0.3, 0.4) is 0 Å². The summed E-state index contributed by atoms with van der Waals surface area (Å²) in [7, 11) is 3.79.